The molecule has 0 radical (unpaired) electrons. The first-order chi connectivity index (χ1) is 15.3. The lowest BCUT2D eigenvalue weighted by Crippen LogP contribution is -2.20. The van der Waals surface area contributed by atoms with Crippen LogP contribution in [0.15, 0.2) is 58.4 Å². The number of amides is 1. The van der Waals surface area contributed by atoms with Crippen molar-refractivity contribution in [1.82, 2.24) is 4.57 Å². The topological polar surface area (TPSA) is 121 Å². The van der Waals surface area contributed by atoms with Gasteiger partial charge in [0, 0.05) is 31.7 Å². The van der Waals surface area contributed by atoms with E-state index in [0.717, 1.165) is 5.52 Å². The molecule has 0 bridgehead atoms. The summed E-state index contributed by atoms with van der Waals surface area (Å²) in [4.78, 5) is 27.9. The fraction of sp³-hybridized carbons (Fsp3) is 0.333. The summed E-state index contributed by atoms with van der Waals surface area (Å²) in [6, 6.07) is 12.6. The molecule has 0 aliphatic heterocycles. The van der Waals surface area contributed by atoms with Crippen molar-refractivity contribution in [3.8, 4) is 0 Å². The number of nitro groups is 1. The second-order valence-electron chi connectivity index (χ2n) is 6.88. The van der Waals surface area contributed by atoms with Crippen molar-refractivity contribution in [3.63, 3.8) is 0 Å². The Labute approximate surface area is 189 Å². The normalized spacial score (nSPS) is 12.3. The number of carbonyl (C=O) groups is 1. The van der Waals surface area contributed by atoms with Crippen LogP contribution in [0.4, 0.5) is 5.69 Å². The van der Waals surface area contributed by atoms with Crippen LogP contribution in [0, 0.1) is 10.1 Å². The quantitative estimate of drug-likeness (QED) is 0.251. The van der Waals surface area contributed by atoms with E-state index in [0.29, 0.717) is 29.3 Å². The van der Waals surface area contributed by atoms with E-state index in [9.17, 15) is 23.3 Å². The number of rotatable bonds is 10. The van der Waals surface area contributed by atoms with E-state index >= 15 is 0 Å². The van der Waals surface area contributed by atoms with E-state index in [1.807, 2.05) is 6.92 Å². The molecule has 1 heterocycles. The molecule has 3 aromatic rings. The number of hydrogen-bond acceptors (Lipinski definition) is 7. The van der Waals surface area contributed by atoms with Gasteiger partial charge in [0.05, 0.1) is 32.4 Å². The molecule has 0 aliphatic carbocycles. The summed E-state index contributed by atoms with van der Waals surface area (Å²) < 4.78 is 32.6. The average Bonchev–Trinajstić information content (AvgIpc) is 3.10. The van der Waals surface area contributed by atoms with Gasteiger partial charge in [-0.25, -0.2) is 8.42 Å². The van der Waals surface area contributed by atoms with Crippen LogP contribution in [0.1, 0.15) is 19.8 Å². The van der Waals surface area contributed by atoms with Crippen LogP contribution in [0.2, 0.25) is 0 Å². The van der Waals surface area contributed by atoms with Gasteiger partial charge in [0.25, 0.3) is 5.69 Å². The van der Waals surface area contributed by atoms with Crippen LogP contribution in [-0.2, 0) is 25.9 Å². The summed E-state index contributed by atoms with van der Waals surface area (Å²) in [5, 5.41) is 11.1. The van der Waals surface area contributed by atoms with Crippen molar-refractivity contribution in [2.75, 3.05) is 19.0 Å². The predicted octanol–water partition coefficient (Wildman–Crippen LogP) is 3.33. The van der Waals surface area contributed by atoms with Gasteiger partial charge in [-0.1, -0.05) is 29.5 Å². The Balaban J connectivity index is 1.80. The van der Waals surface area contributed by atoms with Gasteiger partial charge < -0.3 is 9.30 Å². The van der Waals surface area contributed by atoms with Gasteiger partial charge in [-0.05, 0) is 31.5 Å². The van der Waals surface area contributed by atoms with Crippen LogP contribution in [0.25, 0.3) is 10.2 Å². The fourth-order valence-electron chi connectivity index (χ4n) is 3.10. The number of aromatic nitrogens is 1. The van der Waals surface area contributed by atoms with Crippen molar-refractivity contribution in [2.24, 2.45) is 4.99 Å². The molecule has 1 amide bonds. The first-order valence-electron chi connectivity index (χ1n) is 10.0. The molecular weight excluding hydrogens is 454 g/mol. The van der Waals surface area contributed by atoms with Gasteiger partial charge >= 0.3 is 0 Å². The van der Waals surface area contributed by atoms with Crippen molar-refractivity contribution < 1.29 is 22.9 Å². The highest BCUT2D eigenvalue weighted by molar-refractivity contribution is 7.91. The van der Waals surface area contributed by atoms with E-state index in [1.54, 1.807) is 28.8 Å². The molecule has 11 heteroatoms. The zero-order valence-electron chi connectivity index (χ0n) is 17.5. The van der Waals surface area contributed by atoms with Crippen LogP contribution in [0.5, 0.6) is 0 Å². The highest BCUT2D eigenvalue weighted by atomic mass is 32.2. The lowest BCUT2D eigenvalue weighted by Gasteiger charge is -2.05. The standard InChI is InChI=1S/C21H23N3O6S2/c1-2-30-13-12-23-18-11-10-16(24(26)27)15-19(18)31-21(23)22-20(25)9-6-14-32(28,29)17-7-4-3-5-8-17/h3-5,7-8,10-11,15H,2,6,9,12-14H2,1H3. The summed E-state index contributed by atoms with van der Waals surface area (Å²) in [7, 11) is -3.46. The highest BCUT2D eigenvalue weighted by Crippen LogP contribution is 2.23. The monoisotopic (exact) mass is 477 g/mol. The minimum absolute atomic E-state index is 0.0219. The third kappa shape index (κ3) is 5.87. The van der Waals surface area contributed by atoms with Crippen LogP contribution >= 0.6 is 11.3 Å². The summed E-state index contributed by atoms with van der Waals surface area (Å²) in [5.41, 5.74) is 0.679. The van der Waals surface area contributed by atoms with E-state index in [1.165, 1.54) is 35.6 Å². The Morgan fingerprint density at radius 1 is 1.22 bits per heavy atom. The molecule has 0 atom stereocenters. The molecule has 2 aromatic carbocycles. The average molecular weight is 478 g/mol. The molecule has 170 valence electrons. The number of nitro benzene ring substituents is 1. The minimum atomic E-state index is -3.46. The third-order valence-corrected chi connectivity index (χ3v) is 7.52. The fourth-order valence-corrected chi connectivity index (χ4v) is 5.54. The van der Waals surface area contributed by atoms with Gasteiger partial charge in [0.1, 0.15) is 0 Å². The maximum absolute atomic E-state index is 12.5. The molecule has 0 aliphatic rings. The number of benzene rings is 2. The Morgan fingerprint density at radius 2 is 1.97 bits per heavy atom. The van der Waals surface area contributed by atoms with Gasteiger partial charge in [-0.2, -0.15) is 4.99 Å². The van der Waals surface area contributed by atoms with Crippen LogP contribution in [0.3, 0.4) is 0 Å². The third-order valence-electron chi connectivity index (χ3n) is 4.67. The molecule has 0 saturated heterocycles. The Bertz CT molecular complexity index is 1280. The SMILES string of the molecule is CCOCCn1c(=NC(=O)CCCS(=O)(=O)c2ccccc2)sc2cc([N+](=O)[O-])ccc21. The number of thiazole rings is 1. The van der Waals surface area contributed by atoms with Crippen LogP contribution < -0.4 is 4.80 Å². The molecule has 1 aromatic heterocycles. The van der Waals surface area contributed by atoms with Gasteiger partial charge in [0.15, 0.2) is 14.6 Å². The number of non-ortho nitro benzene ring substituents is 1. The number of ether oxygens (including phenoxy) is 1. The second-order valence-corrected chi connectivity index (χ2v) is 10.0. The Morgan fingerprint density at radius 3 is 2.66 bits per heavy atom. The lowest BCUT2D eigenvalue weighted by molar-refractivity contribution is -0.384. The Kier molecular flexibility index (Phi) is 7.89. The van der Waals surface area contributed by atoms with Crippen molar-refractivity contribution >= 4 is 43.0 Å². The molecule has 0 spiro atoms. The number of carbonyl (C=O) groups excluding carboxylic acids is 1. The van der Waals surface area contributed by atoms with Gasteiger partial charge in [-0.3, -0.25) is 14.9 Å². The zero-order chi connectivity index (χ0) is 23.1. The van der Waals surface area contributed by atoms with Crippen molar-refractivity contribution in [3.05, 3.63) is 63.4 Å². The summed E-state index contributed by atoms with van der Waals surface area (Å²) in [6.45, 7) is 3.24. The lowest BCUT2D eigenvalue weighted by atomic mass is 10.3. The summed E-state index contributed by atoms with van der Waals surface area (Å²) in [6.07, 6.45) is 0.126. The Hall–Kier alpha value is -2.89. The maximum atomic E-state index is 12.5. The van der Waals surface area contributed by atoms with E-state index in [4.69, 9.17) is 4.74 Å². The summed E-state index contributed by atoms with van der Waals surface area (Å²) in [5.74, 6) is -0.596. The molecule has 3 rings (SSSR count). The maximum Gasteiger partial charge on any atom is 0.270 e. The van der Waals surface area contributed by atoms with E-state index in [2.05, 4.69) is 4.99 Å². The highest BCUT2D eigenvalue weighted by Gasteiger charge is 2.15. The minimum Gasteiger partial charge on any atom is -0.380 e. The molecule has 0 N–H and O–H groups in total. The predicted molar refractivity (Wildman–Crippen MR) is 121 cm³/mol. The smallest absolute Gasteiger partial charge is 0.270 e. The van der Waals surface area contributed by atoms with E-state index in [-0.39, 0.29) is 29.2 Å². The van der Waals surface area contributed by atoms with Crippen LogP contribution in [-0.4, -0.2) is 42.8 Å². The number of fused-ring (bicyclic) bond motifs is 1. The zero-order valence-corrected chi connectivity index (χ0v) is 19.1. The van der Waals surface area contributed by atoms with Gasteiger partial charge in [-0.15, -0.1) is 0 Å². The van der Waals surface area contributed by atoms with Crippen molar-refractivity contribution in [2.45, 2.75) is 31.2 Å². The number of hydrogen-bond donors (Lipinski definition) is 0. The first kappa shape index (κ1) is 23.8. The largest absolute Gasteiger partial charge is 0.380 e. The van der Waals surface area contributed by atoms with E-state index < -0.39 is 20.7 Å². The summed E-state index contributed by atoms with van der Waals surface area (Å²) >= 11 is 1.17. The number of sulfone groups is 1. The molecule has 0 fully saturated rings. The number of nitrogens with zero attached hydrogens (tertiary/aromatic N) is 3. The molecule has 0 unspecified atom stereocenters. The molecule has 0 saturated carbocycles. The first-order valence-corrected chi connectivity index (χ1v) is 12.5. The van der Waals surface area contributed by atoms with Crippen molar-refractivity contribution in [1.29, 1.82) is 0 Å². The van der Waals surface area contributed by atoms with Gasteiger partial charge in [0.2, 0.25) is 5.91 Å². The molecule has 9 nitrogen and oxygen atoms in total. The molecule has 32 heavy (non-hydrogen) atoms. The second kappa shape index (κ2) is 10.6. The molecular formula is C21H23N3O6S2.